The third-order valence-electron chi connectivity index (χ3n) is 1.87. The van der Waals surface area contributed by atoms with Crippen LogP contribution < -0.4 is 5.32 Å². The Labute approximate surface area is 97.4 Å². The molecule has 1 rings (SSSR count). The number of rotatable bonds is 4. The zero-order valence-electron chi connectivity index (χ0n) is 8.50. The van der Waals surface area contributed by atoms with Gasteiger partial charge in [0.25, 0.3) is 0 Å². The quantitative estimate of drug-likeness (QED) is 0.858. The highest BCUT2D eigenvalue weighted by molar-refractivity contribution is 7.17. The minimum absolute atomic E-state index is 0.569. The Kier molecular flexibility index (Phi) is 3.42. The fraction of sp³-hybridized carbons (Fsp3) is 0.300. The van der Waals surface area contributed by atoms with Crippen LogP contribution in [0.5, 0.6) is 0 Å². The largest absolute Gasteiger partial charge is 0.480 e. The van der Waals surface area contributed by atoms with Crippen LogP contribution in [0, 0.1) is 0 Å². The molecule has 1 heterocycles. The molecule has 0 bridgehead atoms. The number of halogens is 1. The molecule has 82 valence electrons. The molecule has 2 N–H and O–H groups in total. The standard InChI is InChI=1S/C10H12ClNO2S/c1-6(7-4-5-8(11)15-7)12-10(2,3)9(13)14/h4-5,12H,1H2,2-3H3,(H,13,14). The highest BCUT2D eigenvalue weighted by Gasteiger charge is 2.27. The lowest BCUT2D eigenvalue weighted by Crippen LogP contribution is -2.45. The Hall–Kier alpha value is -1.000. The van der Waals surface area contributed by atoms with Crippen LogP contribution in [0.3, 0.4) is 0 Å². The summed E-state index contributed by atoms with van der Waals surface area (Å²) >= 11 is 7.13. The van der Waals surface area contributed by atoms with Crippen molar-refractivity contribution in [3.05, 3.63) is 27.9 Å². The second-order valence-corrected chi connectivity index (χ2v) is 5.35. The number of hydrogen-bond acceptors (Lipinski definition) is 3. The topological polar surface area (TPSA) is 49.3 Å². The molecule has 0 aliphatic carbocycles. The first kappa shape index (κ1) is 12.1. The van der Waals surface area contributed by atoms with E-state index in [9.17, 15) is 4.79 Å². The monoisotopic (exact) mass is 245 g/mol. The lowest BCUT2D eigenvalue weighted by molar-refractivity contribution is -0.142. The predicted octanol–water partition coefficient (Wildman–Crippen LogP) is 2.83. The number of aliphatic carboxylic acids is 1. The molecule has 0 saturated heterocycles. The third-order valence-corrected chi connectivity index (χ3v) is 3.16. The maximum Gasteiger partial charge on any atom is 0.328 e. The summed E-state index contributed by atoms with van der Waals surface area (Å²) in [7, 11) is 0. The zero-order valence-corrected chi connectivity index (χ0v) is 10.1. The zero-order chi connectivity index (χ0) is 11.6. The molecule has 0 aliphatic rings. The number of carboxylic acid groups (broad SMARTS) is 1. The van der Waals surface area contributed by atoms with Crippen LogP contribution in [0.25, 0.3) is 5.70 Å². The predicted molar refractivity (Wildman–Crippen MR) is 63.2 cm³/mol. The van der Waals surface area contributed by atoms with Crippen LogP contribution in [0.2, 0.25) is 4.34 Å². The van der Waals surface area contributed by atoms with E-state index in [-0.39, 0.29) is 0 Å². The molecule has 15 heavy (non-hydrogen) atoms. The van der Waals surface area contributed by atoms with Crippen molar-refractivity contribution < 1.29 is 9.90 Å². The van der Waals surface area contributed by atoms with Crippen LogP contribution in [0.15, 0.2) is 18.7 Å². The van der Waals surface area contributed by atoms with Crippen molar-refractivity contribution in [3.63, 3.8) is 0 Å². The first-order valence-corrected chi connectivity index (χ1v) is 5.48. The van der Waals surface area contributed by atoms with Crippen LogP contribution in [0.1, 0.15) is 18.7 Å². The van der Waals surface area contributed by atoms with Crippen molar-refractivity contribution in [2.75, 3.05) is 0 Å². The Morgan fingerprint density at radius 2 is 2.20 bits per heavy atom. The molecular formula is C10H12ClNO2S. The molecule has 0 atom stereocenters. The molecule has 1 aromatic rings. The number of thiophene rings is 1. The summed E-state index contributed by atoms with van der Waals surface area (Å²) in [6, 6.07) is 3.56. The number of nitrogens with one attached hydrogen (secondary N) is 1. The number of carboxylic acids is 1. The first-order chi connectivity index (χ1) is 6.83. The summed E-state index contributed by atoms with van der Waals surface area (Å²) in [6.45, 7) is 6.94. The average molecular weight is 246 g/mol. The Morgan fingerprint density at radius 1 is 1.60 bits per heavy atom. The fourth-order valence-electron chi connectivity index (χ4n) is 0.969. The van der Waals surface area contributed by atoms with Gasteiger partial charge in [0.05, 0.1) is 9.21 Å². The van der Waals surface area contributed by atoms with Crippen LogP contribution in [-0.4, -0.2) is 16.6 Å². The minimum atomic E-state index is -1.03. The fourth-order valence-corrected chi connectivity index (χ4v) is 1.94. The molecule has 0 aromatic carbocycles. The number of hydrogen-bond donors (Lipinski definition) is 2. The van der Waals surface area contributed by atoms with Crippen molar-refractivity contribution in [2.45, 2.75) is 19.4 Å². The van der Waals surface area contributed by atoms with Gasteiger partial charge in [0.15, 0.2) is 0 Å². The van der Waals surface area contributed by atoms with E-state index in [4.69, 9.17) is 16.7 Å². The molecular weight excluding hydrogens is 234 g/mol. The number of carbonyl (C=O) groups is 1. The minimum Gasteiger partial charge on any atom is -0.480 e. The van der Waals surface area contributed by atoms with E-state index in [2.05, 4.69) is 11.9 Å². The third kappa shape index (κ3) is 2.97. The molecule has 0 amide bonds. The molecule has 0 radical (unpaired) electrons. The maximum atomic E-state index is 10.9. The van der Waals surface area contributed by atoms with Gasteiger partial charge in [-0.1, -0.05) is 18.2 Å². The Morgan fingerprint density at radius 3 is 2.60 bits per heavy atom. The van der Waals surface area contributed by atoms with Crippen LogP contribution in [0.4, 0.5) is 0 Å². The van der Waals surface area contributed by atoms with Crippen molar-refractivity contribution in [1.82, 2.24) is 5.32 Å². The van der Waals surface area contributed by atoms with Gasteiger partial charge in [0.1, 0.15) is 5.54 Å². The van der Waals surface area contributed by atoms with Crippen LogP contribution >= 0.6 is 22.9 Å². The molecule has 1 aromatic heterocycles. The van der Waals surface area contributed by atoms with Gasteiger partial charge in [-0.15, -0.1) is 11.3 Å². The summed E-state index contributed by atoms with van der Waals surface area (Å²) in [5.41, 5.74) is -0.465. The van der Waals surface area contributed by atoms with Gasteiger partial charge < -0.3 is 10.4 Å². The summed E-state index contributed by atoms with van der Waals surface area (Å²) in [4.78, 5) is 11.7. The summed E-state index contributed by atoms with van der Waals surface area (Å²) in [6.07, 6.45) is 0. The van der Waals surface area contributed by atoms with Gasteiger partial charge in [-0.2, -0.15) is 0 Å². The smallest absolute Gasteiger partial charge is 0.328 e. The molecule has 0 aliphatic heterocycles. The molecule has 0 spiro atoms. The van der Waals surface area contributed by atoms with Gasteiger partial charge in [0, 0.05) is 5.70 Å². The second-order valence-electron chi connectivity index (χ2n) is 3.64. The Balaban J connectivity index is 2.76. The molecule has 0 fully saturated rings. The van der Waals surface area contributed by atoms with Crippen molar-refractivity contribution in [2.24, 2.45) is 0 Å². The average Bonchev–Trinajstić information content (AvgIpc) is 2.50. The lowest BCUT2D eigenvalue weighted by Gasteiger charge is -2.23. The molecule has 0 saturated carbocycles. The van der Waals surface area contributed by atoms with E-state index in [1.165, 1.54) is 11.3 Å². The van der Waals surface area contributed by atoms with Gasteiger partial charge in [-0.25, -0.2) is 4.79 Å². The second kappa shape index (κ2) is 4.24. The highest BCUT2D eigenvalue weighted by atomic mass is 35.5. The molecule has 3 nitrogen and oxygen atoms in total. The van der Waals surface area contributed by atoms with E-state index in [0.29, 0.717) is 10.0 Å². The van der Waals surface area contributed by atoms with Crippen molar-refractivity contribution in [3.8, 4) is 0 Å². The highest BCUT2D eigenvalue weighted by Crippen LogP contribution is 2.26. The van der Waals surface area contributed by atoms with Gasteiger partial charge in [-0.05, 0) is 26.0 Å². The van der Waals surface area contributed by atoms with Gasteiger partial charge in [0.2, 0.25) is 0 Å². The van der Waals surface area contributed by atoms with E-state index < -0.39 is 11.5 Å². The molecule has 0 unspecified atom stereocenters. The van der Waals surface area contributed by atoms with E-state index in [1.54, 1.807) is 26.0 Å². The maximum absolute atomic E-state index is 10.9. The Bertz CT molecular complexity index is 398. The summed E-state index contributed by atoms with van der Waals surface area (Å²) < 4.78 is 0.654. The summed E-state index contributed by atoms with van der Waals surface area (Å²) in [5, 5.41) is 11.8. The van der Waals surface area contributed by atoms with Gasteiger partial charge in [-0.3, -0.25) is 0 Å². The van der Waals surface area contributed by atoms with E-state index >= 15 is 0 Å². The normalized spacial score (nSPS) is 11.1. The van der Waals surface area contributed by atoms with Crippen molar-refractivity contribution >= 4 is 34.6 Å². The van der Waals surface area contributed by atoms with E-state index in [1.807, 2.05) is 0 Å². The molecule has 5 heteroatoms. The van der Waals surface area contributed by atoms with E-state index in [0.717, 1.165) is 4.88 Å². The summed E-state index contributed by atoms with van der Waals surface area (Å²) in [5.74, 6) is -0.925. The first-order valence-electron chi connectivity index (χ1n) is 4.29. The van der Waals surface area contributed by atoms with Crippen molar-refractivity contribution in [1.29, 1.82) is 0 Å². The van der Waals surface area contributed by atoms with Crippen LogP contribution in [-0.2, 0) is 4.79 Å². The van der Waals surface area contributed by atoms with Gasteiger partial charge >= 0.3 is 5.97 Å². The SMILES string of the molecule is C=C(NC(C)(C)C(=O)O)c1ccc(Cl)s1. The lowest BCUT2D eigenvalue weighted by atomic mass is 10.1.